The standard InChI is InChI=1S/C25H22N4O3S/c1-16-6-9-20(10-7-16)29-24(18-5-3-4-17(2)12-18)27-28-25(29)33-14-23(30)26-19-8-11-21-22(13-19)32-15-31-21/h3-13H,14-15H2,1-2H3,(H,26,30). The summed E-state index contributed by atoms with van der Waals surface area (Å²) in [5.74, 6) is 2.09. The molecule has 8 heteroatoms. The number of carbonyl (C=O) groups excluding carboxylic acids is 1. The molecule has 33 heavy (non-hydrogen) atoms. The molecule has 166 valence electrons. The highest BCUT2D eigenvalue weighted by Gasteiger charge is 2.18. The van der Waals surface area contributed by atoms with Gasteiger partial charge in [0.2, 0.25) is 12.7 Å². The highest BCUT2D eigenvalue weighted by atomic mass is 32.2. The van der Waals surface area contributed by atoms with Crippen LogP contribution in [0.15, 0.2) is 71.9 Å². The third-order valence-electron chi connectivity index (χ3n) is 5.19. The van der Waals surface area contributed by atoms with Crippen molar-refractivity contribution < 1.29 is 14.3 Å². The summed E-state index contributed by atoms with van der Waals surface area (Å²) in [4.78, 5) is 12.6. The van der Waals surface area contributed by atoms with Gasteiger partial charge in [-0.3, -0.25) is 9.36 Å². The van der Waals surface area contributed by atoms with E-state index >= 15 is 0 Å². The van der Waals surface area contributed by atoms with E-state index < -0.39 is 0 Å². The van der Waals surface area contributed by atoms with Crippen LogP contribution in [0.1, 0.15) is 11.1 Å². The van der Waals surface area contributed by atoms with Crippen molar-refractivity contribution in [2.45, 2.75) is 19.0 Å². The maximum atomic E-state index is 12.6. The Kier molecular flexibility index (Phi) is 5.75. The van der Waals surface area contributed by atoms with Crippen LogP contribution >= 0.6 is 11.8 Å². The Morgan fingerprint density at radius 3 is 2.61 bits per heavy atom. The molecule has 0 bridgehead atoms. The molecule has 0 saturated carbocycles. The number of carbonyl (C=O) groups is 1. The predicted octanol–water partition coefficient (Wildman–Crippen LogP) is 5.01. The third-order valence-corrected chi connectivity index (χ3v) is 6.12. The largest absolute Gasteiger partial charge is 0.454 e. The summed E-state index contributed by atoms with van der Waals surface area (Å²) in [5, 5.41) is 12.4. The number of ether oxygens (including phenoxy) is 2. The van der Waals surface area contributed by atoms with Crippen molar-refractivity contribution in [1.82, 2.24) is 14.8 Å². The van der Waals surface area contributed by atoms with Crippen LogP contribution in [0.2, 0.25) is 0 Å². The molecular formula is C25H22N4O3S. The van der Waals surface area contributed by atoms with Gasteiger partial charge in [0.1, 0.15) is 0 Å². The third kappa shape index (κ3) is 4.56. The zero-order valence-corrected chi connectivity index (χ0v) is 19.1. The summed E-state index contributed by atoms with van der Waals surface area (Å²) in [6, 6.07) is 21.7. The number of benzene rings is 3. The van der Waals surface area contributed by atoms with Crippen molar-refractivity contribution >= 4 is 23.4 Å². The monoisotopic (exact) mass is 458 g/mol. The molecular weight excluding hydrogens is 436 g/mol. The molecule has 1 amide bonds. The summed E-state index contributed by atoms with van der Waals surface area (Å²) in [6.45, 7) is 4.29. The van der Waals surface area contributed by atoms with Crippen molar-refractivity contribution in [3.63, 3.8) is 0 Å². The van der Waals surface area contributed by atoms with E-state index in [0.717, 1.165) is 22.6 Å². The minimum atomic E-state index is -0.144. The number of hydrogen-bond acceptors (Lipinski definition) is 6. The summed E-state index contributed by atoms with van der Waals surface area (Å²) < 4.78 is 12.7. The van der Waals surface area contributed by atoms with E-state index in [0.29, 0.717) is 22.3 Å². The van der Waals surface area contributed by atoms with Gasteiger partial charge in [-0.15, -0.1) is 10.2 Å². The van der Waals surface area contributed by atoms with E-state index in [1.54, 1.807) is 18.2 Å². The average Bonchev–Trinajstić information content (AvgIpc) is 3.45. The number of aryl methyl sites for hydroxylation is 2. The lowest BCUT2D eigenvalue weighted by Crippen LogP contribution is -2.14. The smallest absolute Gasteiger partial charge is 0.234 e. The molecule has 0 aliphatic carbocycles. The molecule has 1 aliphatic heterocycles. The van der Waals surface area contributed by atoms with Crippen molar-refractivity contribution in [2.75, 3.05) is 17.9 Å². The Bertz CT molecular complexity index is 1320. The van der Waals surface area contributed by atoms with Gasteiger partial charge in [-0.05, 0) is 44.2 Å². The molecule has 0 radical (unpaired) electrons. The Morgan fingerprint density at radius 2 is 1.79 bits per heavy atom. The van der Waals surface area contributed by atoms with Crippen LogP contribution in [0, 0.1) is 13.8 Å². The number of hydrogen-bond donors (Lipinski definition) is 1. The van der Waals surface area contributed by atoms with E-state index in [-0.39, 0.29) is 18.5 Å². The zero-order valence-electron chi connectivity index (χ0n) is 18.2. The van der Waals surface area contributed by atoms with Gasteiger partial charge in [-0.2, -0.15) is 0 Å². The molecule has 3 aromatic carbocycles. The lowest BCUT2D eigenvalue weighted by atomic mass is 10.1. The number of thioether (sulfide) groups is 1. The van der Waals surface area contributed by atoms with Crippen LogP contribution in [0.3, 0.4) is 0 Å². The molecule has 0 spiro atoms. The Morgan fingerprint density at radius 1 is 0.970 bits per heavy atom. The highest BCUT2D eigenvalue weighted by molar-refractivity contribution is 7.99. The zero-order chi connectivity index (χ0) is 22.8. The van der Waals surface area contributed by atoms with Crippen molar-refractivity contribution in [1.29, 1.82) is 0 Å². The minimum Gasteiger partial charge on any atom is -0.454 e. The fraction of sp³-hybridized carbons (Fsp3) is 0.160. The molecule has 7 nitrogen and oxygen atoms in total. The molecule has 0 atom stereocenters. The number of fused-ring (bicyclic) bond motifs is 1. The number of nitrogens with one attached hydrogen (secondary N) is 1. The van der Waals surface area contributed by atoms with Crippen LogP contribution in [0.4, 0.5) is 5.69 Å². The van der Waals surface area contributed by atoms with Crippen LogP contribution in [-0.2, 0) is 4.79 Å². The highest BCUT2D eigenvalue weighted by Crippen LogP contribution is 2.34. The van der Waals surface area contributed by atoms with Gasteiger partial charge in [0.15, 0.2) is 22.5 Å². The van der Waals surface area contributed by atoms with Crippen LogP contribution in [0.25, 0.3) is 17.1 Å². The molecule has 4 aromatic rings. The van der Waals surface area contributed by atoms with Gasteiger partial charge >= 0.3 is 0 Å². The van der Waals surface area contributed by atoms with Crippen LogP contribution in [-0.4, -0.2) is 33.2 Å². The number of amides is 1. The first kappa shape index (κ1) is 21.1. The lowest BCUT2D eigenvalue weighted by Gasteiger charge is -2.11. The van der Waals surface area contributed by atoms with Gasteiger partial charge < -0.3 is 14.8 Å². The minimum absolute atomic E-state index is 0.144. The van der Waals surface area contributed by atoms with E-state index in [2.05, 4.69) is 33.7 Å². The molecule has 0 fully saturated rings. The quantitative estimate of drug-likeness (QED) is 0.409. The van der Waals surface area contributed by atoms with Gasteiger partial charge in [-0.25, -0.2) is 0 Å². The lowest BCUT2D eigenvalue weighted by molar-refractivity contribution is -0.113. The fourth-order valence-electron chi connectivity index (χ4n) is 3.56. The summed E-state index contributed by atoms with van der Waals surface area (Å²) in [7, 11) is 0. The first-order valence-corrected chi connectivity index (χ1v) is 11.5. The van der Waals surface area contributed by atoms with E-state index in [1.807, 2.05) is 48.7 Å². The van der Waals surface area contributed by atoms with E-state index in [1.165, 1.54) is 17.3 Å². The van der Waals surface area contributed by atoms with Crippen molar-refractivity contribution in [3.05, 3.63) is 77.9 Å². The molecule has 5 rings (SSSR count). The molecule has 1 aliphatic rings. The predicted molar refractivity (Wildman–Crippen MR) is 128 cm³/mol. The second-order valence-electron chi connectivity index (χ2n) is 7.75. The Labute approximate surface area is 195 Å². The topological polar surface area (TPSA) is 78.3 Å². The average molecular weight is 459 g/mol. The van der Waals surface area contributed by atoms with Crippen LogP contribution < -0.4 is 14.8 Å². The van der Waals surface area contributed by atoms with Gasteiger partial charge in [0.05, 0.1) is 5.75 Å². The second kappa shape index (κ2) is 8.99. The van der Waals surface area contributed by atoms with Gasteiger partial charge in [0, 0.05) is 23.0 Å². The summed E-state index contributed by atoms with van der Waals surface area (Å²) in [6.07, 6.45) is 0. The van der Waals surface area contributed by atoms with E-state index in [9.17, 15) is 4.79 Å². The molecule has 0 saturated heterocycles. The first-order valence-electron chi connectivity index (χ1n) is 10.5. The fourth-order valence-corrected chi connectivity index (χ4v) is 4.31. The number of aromatic nitrogens is 3. The maximum absolute atomic E-state index is 12.6. The number of rotatable bonds is 6. The van der Waals surface area contributed by atoms with Gasteiger partial charge in [-0.1, -0.05) is 53.2 Å². The molecule has 1 N–H and O–H groups in total. The SMILES string of the molecule is Cc1ccc(-n2c(SCC(=O)Nc3ccc4c(c3)OCO4)nnc2-c2cccc(C)c2)cc1. The maximum Gasteiger partial charge on any atom is 0.234 e. The summed E-state index contributed by atoms with van der Waals surface area (Å²) in [5.41, 5.74) is 4.88. The Hall–Kier alpha value is -3.78. The Balaban J connectivity index is 1.38. The van der Waals surface area contributed by atoms with Gasteiger partial charge in [0.25, 0.3) is 0 Å². The number of nitrogens with zero attached hydrogens (tertiary/aromatic N) is 3. The van der Waals surface area contributed by atoms with Crippen LogP contribution in [0.5, 0.6) is 11.5 Å². The molecule has 0 unspecified atom stereocenters. The van der Waals surface area contributed by atoms with Crippen molar-refractivity contribution in [3.8, 4) is 28.6 Å². The molecule has 2 heterocycles. The van der Waals surface area contributed by atoms with Crippen molar-refractivity contribution in [2.24, 2.45) is 0 Å². The normalized spacial score (nSPS) is 12.1. The summed E-state index contributed by atoms with van der Waals surface area (Å²) >= 11 is 1.34. The second-order valence-corrected chi connectivity index (χ2v) is 8.69. The van der Waals surface area contributed by atoms with E-state index in [4.69, 9.17) is 9.47 Å². The molecule has 1 aromatic heterocycles. The first-order chi connectivity index (χ1) is 16.1. The number of anilines is 1.